The molecule has 26 heavy (non-hydrogen) atoms. The molecule has 0 unspecified atom stereocenters. The van der Waals surface area contributed by atoms with Crippen molar-refractivity contribution in [2.24, 2.45) is 0 Å². The van der Waals surface area contributed by atoms with Gasteiger partial charge in [-0.3, -0.25) is 4.79 Å². The first-order valence-electron chi connectivity index (χ1n) is 7.97. The number of benzene rings is 2. The van der Waals surface area contributed by atoms with Crippen LogP contribution in [0, 0.1) is 0 Å². The Morgan fingerprint density at radius 2 is 1.92 bits per heavy atom. The van der Waals surface area contributed by atoms with E-state index >= 15 is 0 Å². The highest BCUT2D eigenvalue weighted by atomic mass is 32.2. The Morgan fingerprint density at radius 1 is 1.19 bits per heavy atom. The van der Waals surface area contributed by atoms with Crippen LogP contribution < -0.4 is 10.1 Å². The van der Waals surface area contributed by atoms with Gasteiger partial charge in [0.25, 0.3) is 0 Å². The lowest BCUT2D eigenvalue weighted by molar-refractivity contribution is -0.115. The van der Waals surface area contributed by atoms with Crippen LogP contribution in [0.5, 0.6) is 5.75 Å². The van der Waals surface area contributed by atoms with E-state index in [-0.39, 0.29) is 17.2 Å². The second kappa shape index (κ2) is 7.43. The summed E-state index contributed by atoms with van der Waals surface area (Å²) in [5, 5.41) is 3.21. The quantitative estimate of drug-likeness (QED) is 0.698. The predicted octanol–water partition coefficient (Wildman–Crippen LogP) is 3.28. The van der Waals surface area contributed by atoms with Crippen LogP contribution in [-0.4, -0.2) is 32.2 Å². The van der Waals surface area contributed by atoms with E-state index in [0.29, 0.717) is 22.0 Å². The highest BCUT2D eigenvalue weighted by Crippen LogP contribution is 2.28. The van der Waals surface area contributed by atoms with Gasteiger partial charge in [-0.2, -0.15) is 0 Å². The Morgan fingerprint density at radius 3 is 2.58 bits per heavy atom. The van der Waals surface area contributed by atoms with E-state index in [1.807, 2.05) is 31.2 Å². The first-order chi connectivity index (χ1) is 12.3. The zero-order valence-corrected chi connectivity index (χ0v) is 16.0. The number of hydrogen-bond donors (Lipinski definition) is 1. The molecule has 136 valence electrons. The Labute approximate surface area is 155 Å². The van der Waals surface area contributed by atoms with Crippen LogP contribution in [0.2, 0.25) is 0 Å². The molecular weight excluding hydrogens is 372 g/mol. The highest BCUT2D eigenvalue weighted by molar-refractivity contribution is 7.90. The number of sulfone groups is 1. The zero-order chi connectivity index (χ0) is 18.7. The molecule has 0 saturated carbocycles. The van der Waals surface area contributed by atoms with E-state index in [2.05, 4.69) is 10.3 Å². The SMILES string of the molecule is CCOc1ccc(CC(=O)Nc2nc3ccc(S(C)(=O)=O)cc3s2)cc1. The molecule has 0 fully saturated rings. The van der Waals surface area contributed by atoms with Gasteiger partial charge < -0.3 is 10.1 Å². The van der Waals surface area contributed by atoms with E-state index in [4.69, 9.17) is 4.74 Å². The van der Waals surface area contributed by atoms with Crippen LogP contribution in [0.25, 0.3) is 10.2 Å². The Hall–Kier alpha value is -2.45. The molecular formula is C18H18N2O4S2. The van der Waals surface area contributed by atoms with Gasteiger partial charge >= 0.3 is 0 Å². The highest BCUT2D eigenvalue weighted by Gasteiger charge is 2.12. The second-order valence-electron chi connectivity index (χ2n) is 5.72. The van der Waals surface area contributed by atoms with E-state index < -0.39 is 9.84 Å². The topological polar surface area (TPSA) is 85.4 Å². The summed E-state index contributed by atoms with van der Waals surface area (Å²) in [6.07, 6.45) is 1.38. The van der Waals surface area contributed by atoms with Gasteiger partial charge in [-0.25, -0.2) is 13.4 Å². The third-order valence-corrected chi connectivity index (χ3v) is 5.68. The number of fused-ring (bicyclic) bond motifs is 1. The molecule has 8 heteroatoms. The number of hydrogen-bond acceptors (Lipinski definition) is 6. The van der Waals surface area contributed by atoms with Crippen LogP contribution in [0.15, 0.2) is 47.4 Å². The summed E-state index contributed by atoms with van der Waals surface area (Å²) >= 11 is 1.25. The van der Waals surface area contributed by atoms with Crippen molar-refractivity contribution in [2.75, 3.05) is 18.2 Å². The van der Waals surface area contributed by atoms with Crippen molar-refractivity contribution >= 4 is 42.4 Å². The maximum atomic E-state index is 12.2. The Kier molecular flexibility index (Phi) is 5.24. The molecule has 0 spiro atoms. The summed E-state index contributed by atoms with van der Waals surface area (Å²) < 4.78 is 29.4. The van der Waals surface area contributed by atoms with Gasteiger partial charge in [0.1, 0.15) is 5.75 Å². The van der Waals surface area contributed by atoms with E-state index in [1.54, 1.807) is 12.1 Å². The standard InChI is InChI=1S/C18H18N2O4S2/c1-3-24-13-6-4-12(5-7-13)10-17(21)20-18-19-15-9-8-14(26(2,22)23)11-16(15)25-18/h4-9,11H,3,10H2,1-2H3,(H,19,20,21). The number of carbonyl (C=O) groups excluding carboxylic acids is 1. The second-order valence-corrected chi connectivity index (χ2v) is 8.77. The normalized spacial score (nSPS) is 11.5. The fraction of sp³-hybridized carbons (Fsp3) is 0.222. The maximum Gasteiger partial charge on any atom is 0.230 e. The third kappa shape index (κ3) is 4.39. The summed E-state index contributed by atoms with van der Waals surface area (Å²) in [5.41, 5.74) is 1.52. The maximum absolute atomic E-state index is 12.2. The lowest BCUT2D eigenvalue weighted by atomic mass is 10.1. The minimum Gasteiger partial charge on any atom is -0.494 e. The first-order valence-corrected chi connectivity index (χ1v) is 10.7. The lowest BCUT2D eigenvalue weighted by Gasteiger charge is -2.05. The van der Waals surface area contributed by atoms with Gasteiger partial charge in [-0.1, -0.05) is 23.5 Å². The van der Waals surface area contributed by atoms with Crippen molar-refractivity contribution in [3.05, 3.63) is 48.0 Å². The van der Waals surface area contributed by atoms with E-state index in [0.717, 1.165) is 17.6 Å². The summed E-state index contributed by atoms with van der Waals surface area (Å²) in [6, 6.07) is 12.1. The van der Waals surface area contributed by atoms with Crippen LogP contribution in [0.4, 0.5) is 5.13 Å². The van der Waals surface area contributed by atoms with Crippen molar-refractivity contribution in [1.82, 2.24) is 4.98 Å². The van der Waals surface area contributed by atoms with Crippen molar-refractivity contribution in [1.29, 1.82) is 0 Å². The third-order valence-electron chi connectivity index (χ3n) is 3.63. The molecule has 0 bridgehead atoms. The predicted molar refractivity (Wildman–Crippen MR) is 103 cm³/mol. The first kappa shape index (κ1) is 18.3. The average molecular weight is 390 g/mol. The number of rotatable bonds is 6. The number of carbonyl (C=O) groups is 1. The molecule has 1 N–H and O–H groups in total. The Balaban J connectivity index is 1.70. The van der Waals surface area contributed by atoms with Crippen LogP contribution >= 0.6 is 11.3 Å². The largest absolute Gasteiger partial charge is 0.494 e. The monoisotopic (exact) mass is 390 g/mol. The molecule has 3 aromatic rings. The molecule has 3 rings (SSSR count). The van der Waals surface area contributed by atoms with Gasteiger partial charge in [-0.05, 0) is 42.8 Å². The molecule has 0 radical (unpaired) electrons. The number of thiazole rings is 1. The number of ether oxygens (including phenoxy) is 1. The fourth-order valence-electron chi connectivity index (χ4n) is 2.41. The number of anilines is 1. The van der Waals surface area contributed by atoms with Crippen LogP contribution in [0.3, 0.4) is 0 Å². The summed E-state index contributed by atoms with van der Waals surface area (Å²) in [6.45, 7) is 2.51. The number of nitrogens with zero attached hydrogens (tertiary/aromatic N) is 1. The minimum absolute atomic E-state index is 0.184. The average Bonchev–Trinajstić information content (AvgIpc) is 2.97. The van der Waals surface area contributed by atoms with E-state index in [9.17, 15) is 13.2 Å². The molecule has 1 amide bonds. The van der Waals surface area contributed by atoms with Gasteiger partial charge in [0.2, 0.25) is 5.91 Å². The van der Waals surface area contributed by atoms with Crippen LogP contribution in [0.1, 0.15) is 12.5 Å². The van der Waals surface area contributed by atoms with Crippen molar-refractivity contribution in [2.45, 2.75) is 18.2 Å². The van der Waals surface area contributed by atoms with Gasteiger partial charge in [-0.15, -0.1) is 0 Å². The summed E-state index contributed by atoms with van der Waals surface area (Å²) in [4.78, 5) is 16.8. The molecule has 1 heterocycles. The van der Waals surface area contributed by atoms with E-state index in [1.165, 1.54) is 17.4 Å². The molecule has 0 atom stereocenters. The smallest absolute Gasteiger partial charge is 0.230 e. The molecule has 0 aliphatic rings. The van der Waals surface area contributed by atoms with Gasteiger partial charge in [0.15, 0.2) is 15.0 Å². The van der Waals surface area contributed by atoms with Crippen LogP contribution in [-0.2, 0) is 21.1 Å². The Bertz CT molecular complexity index is 1040. The van der Waals surface area contributed by atoms with Gasteiger partial charge in [0, 0.05) is 6.26 Å². The molecule has 1 aromatic heterocycles. The molecule has 0 saturated heterocycles. The molecule has 0 aliphatic heterocycles. The van der Waals surface area contributed by atoms with Crippen molar-refractivity contribution in [3.8, 4) is 5.75 Å². The molecule has 0 aliphatic carbocycles. The molecule has 2 aromatic carbocycles. The minimum atomic E-state index is -3.28. The summed E-state index contributed by atoms with van der Waals surface area (Å²) in [7, 11) is -3.28. The number of aromatic nitrogens is 1. The number of amides is 1. The zero-order valence-electron chi connectivity index (χ0n) is 14.4. The molecule has 6 nitrogen and oxygen atoms in total. The van der Waals surface area contributed by atoms with Crippen molar-refractivity contribution in [3.63, 3.8) is 0 Å². The van der Waals surface area contributed by atoms with Crippen molar-refractivity contribution < 1.29 is 17.9 Å². The summed E-state index contributed by atoms with van der Waals surface area (Å²) in [5.74, 6) is 0.584. The van der Waals surface area contributed by atoms with Gasteiger partial charge in [0.05, 0.1) is 28.1 Å². The lowest BCUT2D eigenvalue weighted by Crippen LogP contribution is -2.14. The fourth-order valence-corrected chi connectivity index (χ4v) is 4.05. The number of nitrogens with one attached hydrogen (secondary N) is 1.